The summed E-state index contributed by atoms with van der Waals surface area (Å²) in [5.41, 5.74) is 1.14. The first-order valence-electron chi connectivity index (χ1n) is 10.5. The van der Waals surface area contributed by atoms with Gasteiger partial charge >= 0.3 is 11.9 Å². The Morgan fingerprint density at radius 2 is 1.90 bits per heavy atom. The number of pyridine rings is 1. The van der Waals surface area contributed by atoms with Crippen LogP contribution in [0.4, 0.5) is 0 Å². The summed E-state index contributed by atoms with van der Waals surface area (Å²) in [6.07, 6.45) is 3.03. The average molecular weight is 444 g/mol. The molecule has 2 rings (SSSR count). The van der Waals surface area contributed by atoms with Crippen molar-refractivity contribution in [1.82, 2.24) is 4.98 Å². The average Bonchev–Trinajstić information content (AvgIpc) is 2.67. The van der Waals surface area contributed by atoms with E-state index in [1.807, 2.05) is 30.3 Å². The summed E-state index contributed by atoms with van der Waals surface area (Å²) in [4.78, 5) is 27.7. The van der Waals surface area contributed by atoms with Crippen LogP contribution in [0.3, 0.4) is 0 Å². The molecule has 7 heteroatoms. The Balaban J connectivity index is 2.18. The minimum absolute atomic E-state index is 0.124. The maximum Gasteiger partial charge on any atom is 0.315 e. The zero-order valence-electron chi connectivity index (χ0n) is 19.3. The predicted octanol–water partition coefficient (Wildman–Crippen LogP) is 5.32. The fourth-order valence-corrected chi connectivity index (χ4v) is 3.67. The van der Waals surface area contributed by atoms with E-state index < -0.39 is 25.6 Å². The molecule has 0 aliphatic rings. The fourth-order valence-electron chi connectivity index (χ4n) is 2.91. The molecule has 0 aliphatic heterocycles. The van der Waals surface area contributed by atoms with Crippen molar-refractivity contribution >= 4 is 37.0 Å². The summed E-state index contributed by atoms with van der Waals surface area (Å²) in [5, 5.41) is 10.7. The van der Waals surface area contributed by atoms with Crippen LogP contribution in [-0.2, 0) is 19.1 Å². The van der Waals surface area contributed by atoms with Crippen molar-refractivity contribution in [2.24, 2.45) is 5.41 Å². The third kappa shape index (κ3) is 7.59. The first-order valence-corrected chi connectivity index (χ1v) is 14.2. The van der Waals surface area contributed by atoms with Gasteiger partial charge in [0.1, 0.15) is 11.5 Å². The molecule has 0 unspecified atom stereocenters. The van der Waals surface area contributed by atoms with Crippen molar-refractivity contribution in [3.8, 4) is 0 Å². The van der Waals surface area contributed by atoms with Crippen LogP contribution < -0.4 is 0 Å². The molecule has 1 aromatic heterocycles. The highest BCUT2D eigenvalue weighted by atomic mass is 28.3. The number of esters is 1. The van der Waals surface area contributed by atoms with E-state index in [-0.39, 0.29) is 12.6 Å². The molecule has 1 N–H and O–H groups in total. The second kappa shape index (κ2) is 10.2. The SMILES string of the molecule is CC(=O)O[C@H](C)c1ccc2ccc(/C=C/[C@](C)(COCC[Si](C)(C)C)C(=O)O)cc2n1. The molecule has 0 spiro atoms. The van der Waals surface area contributed by atoms with Crippen LogP contribution in [0.25, 0.3) is 17.0 Å². The normalized spacial score (nSPS) is 15.0. The van der Waals surface area contributed by atoms with E-state index in [1.54, 1.807) is 26.0 Å². The first kappa shape index (κ1) is 24.8. The summed E-state index contributed by atoms with van der Waals surface area (Å²) >= 11 is 0. The van der Waals surface area contributed by atoms with Gasteiger partial charge in [0, 0.05) is 27.0 Å². The van der Waals surface area contributed by atoms with Gasteiger partial charge in [-0.25, -0.2) is 4.98 Å². The van der Waals surface area contributed by atoms with E-state index in [2.05, 4.69) is 24.6 Å². The lowest BCUT2D eigenvalue weighted by atomic mass is 9.90. The number of carboxylic acid groups (broad SMARTS) is 1. The van der Waals surface area contributed by atoms with Gasteiger partial charge in [-0.15, -0.1) is 0 Å². The number of aliphatic carboxylic acids is 1. The molecule has 0 amide bonds. The quantitative estimate of drug-likeness (QED) is 0.304. The summed E-state index contributed by atoms with van der Waals surface area (Å²) < 4.78 is 10.9. The maximum atomic E-state index is 11.9. The van der Waals surface area contributed by atoms with E-state index in [1.165, 1.54) is 6.92 Å². The van der Waals surface area contributed by atoms with Gasteiger partial charge in [0.05, 0.1) is 17.8 Å². The number of fused-ring (bicyclic) bond motifs is 1. The summed E-state index contributed by atoms with van der Waals surface area (Å²) in [5.74, 6) is -1.28. The molecule has 31 heavy (non-hydrogen) atoms. The highest BCUT2D eigenvalue weighted by Crippen LogP contribution is 2.24. The highest BCUT2D eigenvalue weighted by molar-refractivity contribution is 6.76. The van der Waals surface area contributed by atoms with Crippen LogP contribution in [0.2, 0.25) is 25.7 Å². The van der Waals surface area contributed by atoms with Gasteiger partial charge in [-0.2, -0.15) is 0 Å². The van der Waals surface area contributed by atoms with Crippen LogP contribution >= 0.6 is 0 Å². The molecule has 0 fully saturated rings. The molecule has 0 saturated heterocycles. The third-order valence-electron chi connectivity index (χ3n) is 5.03. The number of hydrogen-bond acceptors (Lipinski definition) is 5. The zero-order chi connectivity index (χ0) is 23.2. The molecular formula is C24H33NO5Si. The highest BCUT2D eigenvalue weighted by Gasteiger charge is 2.30. The molecule has 0 saturated carbocycles. The number of aromatic nitrogens is 1. The van der Waals surface area contributed by atoms with Crippen molar-refractivity contribution < 1.29 is 24.2 Å². The minimum Gasteiger partial charge on any atom is -0.481 e. The maximum absolute atomic E-state index is 11.9. The molecule has 6 nitrogen and oxygen atoms in total. The molecule has 1 heterocycles. The van der Waals surface area contributed by atoms with Crippen LogP contribution in [0.5, 0.6) is 0 Å². The van der Waals surface area contributed by atoms with Crippen LogP contribution in [0, 0.1) is 5.41 Å². The number of carbonyl (C=O) groups is 2. The minimum atomic E-state index is -1.23. The monoisotopic (exact) mass is 443 g/mol. The molecule has 0 bridgehead atoms. The lowest BCUT2D eigenvalue weighted by Crippen LogP contribution is -2.32. The summed E-state index contributed by atoms with van der Waals surface area (Å²) in [6.45, 7) is 12.3. The van der Waals surface area contributed by atoms with Crippen LogP contribution in [0.1, 0.15) is 38.1 Å². The van der Waals surface area contributed by atoms with Gasteiger partial charge in [0.25, 0.3) is 0 Å². The van der Waals surface area contributed by atoms with Crippen LogP contribution in [-0.4, -0.2) is 43.3 Å². The number of carboxylic acids is 1. The standard InChI is InChI=1S/C24H33NO5Si/c1-17(30-18(2)26)21-10-9-20-8-7-19(15-22(20)25-21)11-12-24(3,23(27)28)16-29-13-14-31(4,5)6/h7-12,15,17H,13-14,16H2,1-6H3,(H,27,28)/b12-11+/t17-,24-/m1/s1. The molecule has 1 aromatic carbocycles. The van der Waals surface area contributed by atoms with Crippen molar-refractivity contribution in [3.05, 3.63) is 47.7 Å². The van der Waals surface area contributed by atoms with Crippen molar-refractivity contribution in [2.45, 2.75) is 52.6 Å². The number of nitrogens with zero attached hydrogens (tertiary/aromatic N) is 1. The van der Waals surface area contributed by atoms with Gasteiger partial charge in [-0.05, 0) is 37.6 Å². The van der Waals surface area contributed by atoms with Crippen molar-refractivity contribution in [1.29, 1.82) is 0 Å². The van der Waals surface area contributed by atoms with E-state index in [4.69, 9.17) is 9.47 Å². The Labute approximate surface area is 185 Å². The van der Waals surface area contributed by atoms with Gasteiger partial charge < -0.3 is 14.6 Å². The Kier molecular flexibility index (Phi) is 8.14. The summed E-state index contributed by atoms with van der Waals surface area (Å²) in [6, 6.07) is 10.5. The van der Waals surface area contributed by atoms with E-state index in [9.17, 15) is 14.7 Å². The second-order valence-electron chi connectivity index (χ2n) is 9.36. The lowest BCUT2D eigenvalue weighted by Gasteiger charge is -2.22. The fraction of sp³-hybridized carbons (Fsp3) is 0.458. The molecule has 0 aliphatic carbocycles. The van der Waals surface area contributed by atoms with Crippen LogP contribution in [0.15, 0.2) is 36.4 Å². The largest absolute Gasteiger partial charge is 0.481 e. The smallest absolute Gasteiger partial charge is 0.315 e. The van der Waals surface area contributed by atoms with Crippen molar-refractivity contribution in [2.75, 3.05) is 13.2 Å². The van der Waals surface area contributed by atoms with Gasteiger partial charge in [-0.1, -0.05) is 50.0 Å². The molecule has 2 aromatic rings. The zero-order valence-corrected chi connectivity index (χ0v) is 20.3. The first-order chi connectivity index (χ1) is 14.4. The Hall–Kier alpha value is -2.51. The molecule has 0 radical (unpaired) electrons. The van der Waals surface area contributed by atoms with E-state index in [0.29, 0.717) is 12.3 Å². The molecule has 168 valence electrons. The number of hydrogen-bond donors (Lipinski definition) is 1. The number of benzene rings is 1. The Morgan fingerprint density at radius 3 is 2.52 bits per heavy atom. The van der Waals surface area contributed by atoms with E-state index >= 15 is 0 Å². The number of ether oxygens (including phenoxy) is 2. The number of rotatable bonds is 10. The molecular weight excluding hydrogens is 410 g/mol. The van der Waals surface area contributed by atoms with Crippen molar-refractivity contribution in [3.63, 3.8) is 0 Å². The van der Waals surface area contributed by atoms with Gasteiger partial charge in [-0.3, -0.25) is 9.59 Å². The summed E-state index contributed by atoms with van der Waals surface area (Å²) in [7, 11) is -1.23. The van der Waals surface area contributed by atoms with Gasteiger partial charge in [0.15, 0.2) is 0 Å². The third-order valence-corrected chi connectivity index (χ3v) is 6.73. The second-order valence-corrected chi connectivity index (χ2v) is 15.0. The van der Waals surface area contributed by atoms with Gasteiger partial charge in [0.2, 0.25) is 0 Å². The number of carbonyl (C=O) groups excluding carboxylic acids is 1. The topological polar surface area (TPSA) is 85.7 Å². The Bertz CT molecular complexity index is 966. The molecule has 2 atom stereocenters. The Morgan fingerprint density at radius 1 is 1.23 bits per heavy atom. The lowest BCUT2D eigenvalue weighted by molar-refractivity contribution is -0.148. The van der Waals surface area contributed by atoms with E-state index in [0.717, 1.165) is 22.5 Å². The predicted molar refractivity (Wildman–Crippen MR) is 126 cm³/mol.